The Labute approximate surface area is 140 Å². The lowest BCUT2D eigenvalue weighted by atomic mass is 9.88. The molecule has 5 nitrogen and oxygen atoms in total. The third-order valence-corrected chi connectivity index (χ3v) is 4.78. The molecule has 1 aromatic rings. The van der Waals surface area contributed by atoms with E-state index in [0.717, 1.165) is 6.07 Å². The van der Waals surface area contributed by atoms with Crippen molar-refractivity contribution in [2.45, 2.75) is 25.3 Å². The number of hydroxylamine groups is 2. The number of aliphatic carboxylic acids is 1. The van der Waals surface area contributed by atoms with Gasteiger partial charge in [0.1, 0.15) is 11.6 Å². The van der Waals surface area contributed by atoms with Crippen LogP contribution in [0.1, 0.15) is 25.3 Å². The molecule has 24 heavy (non-hydrogen) atoms. The highest BCUT2D eigenvalue weighted by molar-refractivity contribution is 5.72. The van der Waals surface area contributed by atoms with E-state index in [1.807, 2.05) is 18.7 Å². The summed E-state index contributed by atoms with van der Waals surface area (Å²) in [7, 11) is 3.36. The first-order valence-corrected chi connectivity index (χ1v) is 7.83. The fraction of sp³-hybridized carbons (Fsp3) is 0.588. The molecule has 2 rings (SSSR count). The van der Waals surface area contributed by atoms with Gasteiger partial charge in [-0.15, -0.1) is 0 Å². The van der Waals surface area contributed by atoms with Gasteiger partial charge in [0.2, 0.25) is 0 Å². The molecule has 0 aromatic heterocycles. The van der Waals surface area contributed by atoms with Gasteiger partial charge >= 0.3 is 5.97 Å². The van der Waals surface area contributed by atoms with Crippen molar-refractivity contribution in [2.24, 2.45) is 5.92 Å². The van der Waals surface area contributed by atoms with Crippen LogP contribution in [0.25, 0.3) is 0 Å². The number of carboxylic acids is 1. The molecule has 0 amide bonds. The molecule has 134 valence electrons. The van der Waals surface area contributed by atoms with E-state index in [-0.39, 0.29) is 11.1 Å². The van der Waals surface area contributed by atoms with E-state index >= 15 is 0 Å². The molecule has 1 saturated heterocycles. The predicted molar refractivity (Wildman–Crippen MR) is 85.5 cm³/mol. The first-order valence-electron chi connectivity index (χ1n) is 7.83. The zero-order valence-corrected chi connectivity index (χ0v) is 14.4. The van der Waals surface area contributed by atoms with E-state index in [9.17, 15) is 18.7 Å². The molecule has 0 bridgehead atoms. The van der Waals surface area contributed by atoms with Crippen LogP contribution in [0.15, 0.2) is 18.2 Å². The number of hydrogen-bond donors (Lipinski definition) is 1. The van der Waals surface area contributed by atoms with Crippen LogP contribution in [0.4, 0.5) is 8.78 Å². The topological polar surface area (TPSA) is 53.0 Å². The van der Waals surface area contributed by atoms with Crippen LogP contribution in [-0.4, -0.2) is 60.4 Å². The average Bonchev–Trinajstić information content (AvgIpc) is 2.92. The number of likely N-dealkylation sites (N-methyl/N-ethyl adjacent to an activating group) is 1. The van der Waals surface area contributed by atoms with Crippen molar-refractivity contribution in [3.05, 3.63) is 35.4 Å². The van der Waals surface area contributed by atoms with Crippen LogP contribution >= 0.6 is 0 Å². The molecule has 1 fully saturated rings. The summed E-state index contributed by atoms with van der Waals surface area (Å²) >= 11 is 0. The highest BCUT2D eigenvalue weighted by Crippen LogP contribution is 2.37. The van der Waals surface area contributed by atoms with Gasteiger partial charge in [-0.2, -0.15) is 5.06 Å². The summed E-state index contributed by atoms with van der Waals surface area (Å²) in [4.78, 5) is 18.8. The molecule has 0 radical (unpaired) electrons. The normalized spacial score (nSPS) is 22.3. The van der Waals surface area contributed by atoms with Crippen LogP contribution in [0.3, 0.4) is 0 Å². The third-order valence-electron chi connectivity index (χ3n) is 4.78. The lowest BCUT2D eigenvalue weighted by Gasteiger charge is -2.38. The molecule has 1 aromatic carbocycles. The lowest BCUT2D eigenvalue weighted by Crippen LogP contribution is -2.50. The number of hydrogen-bond acceptors (Lipinski definition) is 4. The highest BCUT2D eigenvalue weighted by Gasteiger charge is 2.44. The van der Waals surface area contributed by atoms with Crippen molar-refractivity contribution < 1.29 is 23.5 Å². The van der Waals surface area contributed by atoms with E-state index in [1.54, 1.807) is 19.2 Å². The van der Waals surface area contributed by atoms with Gasteiger partial charge in [0, 0.05) is 44.2 Å². The van der Waals surface area contributed by atoms with E-state index in [1.165, 1.54) is 12.1 Å². The molecule has 2 atom stereocenters. The van der Waals surface area contributed by atoms with Gasteiger partial charge in [-0.3, -0.25) is 9.69 Å². The molecule has 0 aliphatic carbocycles. The summed E-state index contributed by atoms with van der Waals surface area (Å²) in [6, 6.07) is 3.33. The van der Waals surface area contributed by atoms with Gasteiger partial charge in [0.15, 0.2) is 0 Å². The van der Waals surface area contributed by atoms with Crippen molar-refractivity contribution in [3.63, 3.8) is 0 Å². The van der Waals surface area contributed by atoms with Gasteiger partial charge in [-0.1, -0.05) is 6.07 Å². The minimum Gasteiger partial charge on any atom is -0.481 e. The zero-order chi connectivity index (χ0) is 18.1. The van der Waals surface area contributed by atoms with E-state index in [2.05, 4.69) is 0 Å². The summed E-state index contributed by atoms with van der Waals surface area (Å²) in [6.07, 6.45) is 0. The summed E-state index contributed by atoms with van der Waals surface area (Å²) in [5.74, 6) is -3.59. The molecule has 0 spiro atoms. The quantitative estimate of drug-likeness (QED) is 0.804. The van der Waals surface area contributed by atoms with E-state index in [4.69, 9.17) is 4.84 Å². The number of benzene rings is 1. The minimum atomic E-state index is -0.970. The summed E-state index contributed by atoms with van der Waals surface area (Å²) in [5.41, 5.74) is -0.105. The maximum atomic E-state index is 14.1. The van der Waals surface area contributed by atoms with Crippen molar-refractivity contribution in [3.8, 4) is 0 Å². The summed E-state index contributed by atoms with van der Waals surface area (Å²) in [5, 5.41) is 11.2. The Bertz CT molecular complexity index is 609. The number of carbonyl (C=O) groups is 1. The third kappa shape index (κ3) is 3.91. The van der Waals surface area contributed by atoms with Crippen molar-refractivity contribution >= 4 is 5.97 Å². The molecule has 1 aliphatic heterocycles. The van der Waals surface area contributed by atoms with Crippen molar-refractivity contribution in [1.82, 2.24) is 9.96 Å². The SMILES string of the molecule is CON(C)CC(C)(C)N1CC(C(=O)O)[C@H](c2ccc(F)cc2F)C1. The molecular formula is C17H24F2N2O3. The standard InChI is InChI=1S/C17H24F2N2O3/c1-17(2,10-20(3)24-4)21-8-13(14(9-21)16(22)23)12-6-5-11(18)7-15(12)19/h5-7,13-14H,8-10H2,1-4H3,(H,22,23)/t13-,14?/m0/s1. The Morgan fingerprint density at radius 2 is 2.08 bits per heavy atom. The van der Waals surface area contributed by atoms with Gasteiger partial charge in [0.25, 0.3) is 0 Å². The molecular weight excluding hydrogens is 318 g/mol. The first-order chi connectivity index (χ1) is 11.2. The fourth-order valence-corrected chi connectivity index (χ4v) is 3.38. The Kier molecular flexibility index (Phi) is 5.57. The van der Waals surface area contributed by atoms with Crippen LogP contribution in [0, 0.1) is 17.6 Å². The smallest absolute Gasteiger partial charge is 0.308 e. The molecule has 1 N–H and O–H groups in total. The second kappa shape index (κ2) is 7.13. The van der Waals surface area contributed by atoms with Crippen LogP contribution in [0.5, 0.6) is 0 Å². The Balaban J connectivity index is 2.27. The average molecular weight is 342 g/mol. The predicted octanol–water partition coefficient (Wildman–Crippen LogP) is 2.34. The number of nitrogens with zero attached hydrogens (tertiary/aromatic N) is 2. The van der Waals surface area contributed by atoms with Gasteiger partial charge < -0.3 is 9.94 Å². The number of halogens is 2. The molecule has 1 heterocycles. The van der Waals surface area contributed by atoms with Crippen LogP contribution in [0.2, 0.25) is 0 Å². The second-order valence-electron chi connectivity index (χ2n) is 6.90. The van der Waals surface area contributed by atoms with Crippen molar-refractivity contribution in [2.75, 3.05) is 33.8 Å². The molecule has 1 aliphatic rings. The number of likely N-dealkylation sites (tertiary alicyclic amines) is 1. The number of rotatable bonds is 6. The van der Waals surface area contributed by atoms with Crippen molar-refractivity contribution in [1.29, 1.82) is 0 Å². The maximum Gasteiger partial charge on any atom is 0.308 e. The lowest BCUT2D eigenvalue weighted by molar-refractivity contribution is -0.142. The monoisotopic (exact) mass is 342 g/mol. The Hall–Kier alpha value is -1.57. The van der Waals surface area contributed by atoms with Crippen LogP contribution < -0.4 is 0 Å². The largest absolute Gasteiger partial charge is 0.481 e. The highest BCUT2D eigenvalue weighted by atomic mass is 19.1. The second-order valence-corrected chi connectivity index (χ2v) is 6.90. The minimum absolute atomic E-state index is 0.252. The Morgan fingerprint density at radius 1 is 1.42 bits per heavy atom. The summed E-state index contributed by atoms with van der Waals surface area (Å²) in [6.45, 7) is 5.25. The first kappa shape index (κ1) is 18.8. The Morgan fingerprint density at radius 3 is 2.62 bits per heavy atom. The van der Waals surface area contributed by atoms with E-state index < -0.39 is 29.4 Å². The fourth-order valence-electron chi connectivity index (χ4n) is 3.38. The van der Waals surface area contributed by atoms with Gasteiger partial charge in [-0.05, 0) is 25.5 Å². The zero-order valence-electron chi connectivity index (χ0n) is 14.4. The molecule has 1 unspecified atom stereocenters. The summed E-state index contributed by atoms with van der Waals surface area (Å²) < 4.78 is 27.3. The van der Waals surface area contributed by atoms with Crippen LogP contribution in [-0.2, 0) is 9.63 Å². The van der Waals surface area contributed by atoms with E-state index in [0.29, 0.717) is 19.6 Å². The maximum absolute atomic E-state index is 14.1. The van der Waals surface area contributed by atoms with Gasteiger partial charge in [0.05, 0.1) is 13.0 Å². The number of carboxylic acid groups (broad SMARTS) is 1. The molecule has 7 heteroatoms. The molecule has 0 saturated carbocycles. The van der Waals surface area contributed by atoms with Gasteiger partial charge in [-0.25, -0.2) is 8.78 Å².